The first-order valence-corrected chi connectivity index (χ1v) is 12.0. The molecule has 1 aliphatic carbocycles. The van der Waals surface area contributed by atoms with Crippen molar-refractivity contribution in [1.29, 1.82) is 0 Å². The van der Waals surface area contributed by atoms with E-state index in [-0.39, 0.29) is 36.4 Å². The lowest BCUT2D eigenvalue weighted by Gasteiger charge is -2.14. The highest BCUT2D eigenvalue weighted by Gasteiger charge is 2.66. The standard InChI is InChI=1S/C26H24F4N6O2/c1-15(2)36-13-19(33-14-36)9-22-31-11-18(12-32-22)16-3-4-17(20(27)7-16)8-24(37)34-23-10-21(38-35-23)25(5-6-25)26(28,29)30/h3-4,7,10-15H,5-6,8-9H2,1-2H3,(H,34,35,37). The molecule has 38 heavy (non-hydrogen) atoms. The first-order chi connectivity index (χ1) is 18.0. The summed E-state index contributed by atoms with van der Waals surface area (Å²) in [6, 6.07) is 5.75. The second-order valence-electron chi connectivity index (χ2n) is 9.66. The minimum Gasteiger partial charge on any atom is -0.358 e. The number of aromatic nitrogens is 5. The monoisotopic (exact) mass is 528 g/mol. The molecule has 8 nitrogen and oxygen atoms in total. The van der Waals surface area contributed by atoms with E-state index in [9.17, 15) is 22.4 Å². The van der Waals surface area contributed by atoms with Crippen LogP contribution >= 0.6 is 0 Å². The SMILES string of the molecule is CC(C)n1cnc(Cc2ncc(-c3ccc(CC(=O)Nc4cc(C5(C(F)(F)F)CC5)on4)c(F)c3)cn2)c1. The van der Waals surface area contributed by atoms with E-state index in [1.165, 1.54) is 12.1 Å². The second-order valence-corrected chi connectivity index (χ2v) is 9.66. The molecule has 1 saturated carbocycles. The van der Waals surface area contributed by atoms with Crippen LogP contribution in [0.3, 0.4) is 0 Å². The van der Waals surface area contributed by atoms with Crippen molar-refractivity contribution >= 4 is 11.7 Å². The van der Waals surface area contributed by atoms with Crippen molar-refractivity contribution in [2.45, 2.75) is 57.2 Å². The molecule has 198 valence electrons. The van der Waals surface area contributed by atoms with Crippen LogP contribution < -0.4 is 5.32 Å². The molecule has 1 fully saturated rings. The molecule has 1 amide bonds. The number of nitrogens with zero attached hydrogens (tertiary/aromatic N) is 5. The molecule has 0 aliphatic heterocycles. The van der Waals surface area contributed by atoms with E-state index in [2.05, 4.69) is 39.3 Å². The highest BCUT2D eigenvalue weighted by molar-refractivity contribution is 5.91. The Labute approximate surface area is 215 Å². The van der Waals surface area contributed by atoms with Crippen LogP contribution in [0.25, 0.3) is 11.1 Å². The number of hydrogen-bond donors (Lipinski definition) is 1. The number of amides is 1. The maximum absolute atomic E-state index is 14.8. The fourth-order valence-electron chi connectivity index (χ4n) is 4.09. The minimum absolute atomic E-state index is 0.0892. The van der Waals surface area contributed by atoms with E-state index in [1.807, 2.05) is 10.8 Å². The third-order valence-electron chi connectivity index (χ3n) is 6.58. The third-order valence-corrected chi connectivity index (χ3v) is 6.58. The lowest BCUT2D eigenvalue weighted by Crippen LogP contribution is -2.28. The zero-order valence-electron chi connectivity index (χ0n) is 20.6. The van der Waals surface area contributed by atoms with E-state index >= 15 is 0 Å². The van der Waals surface area contributed by atoms with Crippen molar-refractivity contribution in [1.82, 2.24) is 24.7 Å². The van der Waals surface area contributed by atoms with Crippen LogP contribution in [0, 0.1) is 5.82 Å². The van der Waals surface area contributed by atoms with Gasteiger partial charge in [0.05, 0.1) is 24.9 Å². The van der Waals surface area contributed by atoms with Crippen LogP contribution in [0.2, 0.25) is 0 Å². The van der Waals surface area contributed by atoms with Gasteiger partial charge in [-0.3, -0.25) is 4.79 Å². The summed E-state index contributed by atoms with van der Waals surface area (Å²) in [7, 11) is 0. The topological polar surface area (TPSA) is 98.7 Å². The average Bonchev–Trinajstić information content (AvgIpc) is 3.34. The largest absolute Gasteiger partial charge is 0.401 e. The van der Waals surface area contributed by atoms with Crippen molar-refractivity contribution in [3.63, 3.8) is 0 Å². The summed E-state index contributed by atoms with van der Waals surface area (Å²) in [5.41, 5.74) is 0.0517. The number of nitrogens with one attached hydrogen (secondary N) is 1. The van der Waals surface area contributed by atoms with Gasteiger partial charge >= 0.3 is 6.18 Å². The molecule has 4 aromatic rings. The normalized spacial score (nSPS) is 14.6. The fourth-order valence-corrected chi connectivity index (χ4v) is 4.09. The Morgan fingerprint density at radius 2 is 1.87 bits per heavy atom. The summed E-state index contributed by atoms with van der Waals surface area (Å²) >= 11 is 0. The van der Waals surface area contributed by atoms with Gasteiger partial charge in [0.1, 0.15) is 17.1 Å². The Kier molecular flexibility index (Phi) is 6.49. The van der Waals surface area contributed by atoms with Gasteiger partial charge in [-0.2, -0.15) is 13.2 Å². The summed E-state index contributed by atoms with van der Waals surface area (Å²) in [4.78, 5) is 25.4. The quantitative estimate of drug-likeness (QED) is 0.307. The lowest BCUT2D eigenvalue weighted by molar-refractivity contribution is -0.165. The van der Waals surface area contributed by atoms with Crippen LogP contribution in [0.1, 0.15) is 55.6 Å². The summed E-state index contributed by atoms with van der Waals surface area (Å²) in [6.07, 6.45) is 2.39. The molecular formula is C26H24F4N6O2. The molecular weight excluding hydrogens is 504 g/mol. The summed E-state index contributed by atoms with van der Waals surface area (Å²) in [5, 5.41) is 5.88. The van der Waals surface area contributed by atoms with E-state index in [0.29, 0.717) is 29.4 Å². The molecule has 1 aliphatic rings. The fraction of sp³-hybridized carbons (Fsp3) is 0.346. The minimum atomic E-state index is -4.46. The maximum Gasteiger partial charge on any atom is 0.401 e. The van der Waals surface area contributed by atoms with Crippen LogP contribution in [-0.2, 0) is 23.1 Å². The number of benzene rings is 1. The number of rotatable bonds is 8. The maximum atomic E-state index is 14.8. The third kappa shape index (κ3) is 5.15. The van der Waals surface area contributed by atoms with Crippen molar-refractivity contribution in [3.05, 3.63) is 77.8 Å². The molecule has 0 radical (unpaired) electrons. The summed E-state index contributed by atoms with van der Waals surface area (Å²) < 4.78 is 61.3. The number of imidazole rings is 1. The van der Waals surface area contributed by atoms with Crippen molar-refractivity contribution < 1.29 is 26.9 Å². The van der Waals surface area contributed by atoms with Crippen LogP contribution in [0.4, 0.5) is 23.4 Å². The number of hydrogen-bond acceptors (Lipinski definition) is 6. The second kappa shape index (κ2) is 9.66. The zero-order valence-corrected chi connectivity index (χ0v) is 20.6. The predicted octanol–water partition coefficient (Wildman–Crippen LogP) is 5.41. The predicted molar refractivity (Wildman–Crippen MR) is 129 cm³/mol. The molecule has 0 saturated heterocycles. The summed E-state index contributed by atoms with van der Waals surface area (Å²) in [5.74, 6) is -1.16. The molecule has 0 spiro atoms. The van der Waals surface area contributed by atoms with Gasteiger partial charge < -0.3 is 14.4 Å². The Morgan fingerprint density at radius 3 is 2.47 bits per heavy atom. The van der Waals surface area contributed by atoms with Crippen LogP contribution in [0.5, 0.6) is 0 Å². The highest BCUT2D eigenvalue weighted by atomic mass is 19.4. The van der Waals surface area contributed by atoms with E-state index < -0.39 is 23.3 Å². The average molecular weight is 529 g/mol. The number of alkyl halides is 3. The molecule has 3 aromatic heterocycles. The van der Waals surface area contributed by atoms with Gasteiger partial charge in [0.15, 0.2) is 11.6 Å². The van der Waals surface area contributed by atoms with Crippen LogP contribution in [-0.4, -0.2) is 36.8 Å². The first-order valence-electron chi connectivity index (χ1n) is 12.0. The van der Waals surface area contributed by atoms with Crippen molar-refractivity contribution in [3.8, 4) is 11.1 Å². The first kappa shape index (κ1) is 25.6. The molecule has 0 unspecified atom stereocenters. The number of anilines is 1. The van der Waals surface area contributed by atoms with Crippen molar-refractivity contribution in [2.75, 3.05) is 5.32 Å². The molecule has 0 bridgehead atoms. The van der Waals surface area contributed by atoms with Gasteiger partial charge in [-0.15, -0.1) is 0 Å². The highest BCUT2D eigenvalue weighted by Crippen LogP contribution is 2.59. The van der Waals surface area contributed by atoms with Gasteiger partial charge in [-0.05, 0) is 43.9 Å². The lowest BCUT2D eigenvalue weighted by atomic mass is 10.0. The smallest absolute Gasteiger partial charge is 0.358 e. The van der Waals surface area contributed by atoms with Gasteiger partial charge in [0.2, 0.25) is 5.91 Å². The van der Waals surface area contributed by atoms with E-state index in [1.54, 1.807) is 24.8 Å². The molecule has 3 heterocycles. The molecule has 5 rings (SSSR count). The molecule has 1 N–H and O–H groups in total. The van der Waals surface area contributed by atoms with Gasteiger partial charge in [-0.25, -0.2) is 19.3 Å². The Bertz CT molecular complexity index is 1460. The number of carbonyl (C=O) groups excluding carboxylic acids is 1. The summed E-state index contributed by atoms with van der Waals surface area (Å²) in [6.45, 7) is 4.12. The molecule has 0 atom stereocenters. The van der Waals surface area contributed by atoms with Crippen LogP contribution in [0.15, 0.2) is 53.7 Å². The molecule has 1 aromatic carbocycles. The van der Waals surface area contributed by atoms with E-state index in [0.717, 1.165) is 11.8 Å². The number of carbonyl (C=O) groups is 1. The number of halogens is 4. The van der Waals surface area contributed by atoms with Gasteiger partial charge in [-0.1, -0.05) is 17.3 Å². The zero-order chi connectivity index (χ0) is 27.1. The van der Waals surface area contributed by atoms with Crippen molar-refractivity contribution in [2.24, 2.45) is 0 Å². The Morgan fingerprint density at radius 1 is 1.13 bits per heavy atom. The van der Waals surface area contributed by atoms with Gasteiger partial charge in [0, 0.05) is 36.3 Å². The van der Waals surface area contributed by atoms with E-state index in [4.69, 9.17) is 4.52 Å². The Balaban J connectivity index is 1.20. The van der Waals surface area contributed by atoms with Gasteiger partial charge in [0.25, 0.3) is 0 Å². The molecule has 12 heteroatoms. The Hall–Kier alpha value is -4.09.